The minimum Gasteiger partial charge on any atom is -0.494 e. The van der Waals surface area contributed by atoms with Crippen LogP contribution in [0.15, 0.2) is 24.3 Å². The zero-order valence-corrected chi connectivity index (χ0v) is 12.8. The second kappa shape index (κ2) is 8.03. The van der Waals surface area contributed by atoms with E-state index in [0.717, 1.165) is 51.1 Å². The first-order valence-corrected chi connectivity index (χ1v) is 7.86. The molecule has 21 heavy (non-hydrogen) atoms. The van der Waals surface area contributed by atoms with Crippen LogP contribution in [0.5, 0.6) is 5.75 Å². The number of hydrogen-bond donors (Lipinski definition) is 1. The Morgan fingerprint density at radius 3 is 3.10 bits per heavy atom. The maximum atomic E-state index is 11.1. The molecular formula is C17H25NO3. The number of benzene rings is 1. The van der Waals surface area contributed by atoms with Crippen LogP contribution in [-0.2, 0) is 11.3 Å². The molecule has 1 fully saturated rings. The molecular weight excluding hydrogens is 266 g/mol. The quantitative estimate of drug-likeness (QED) is 0.784. The van der Waals surface area contributed by atoms with Gasteiger partial charge in [-0.05, 0) is 43.5 Å². The molecule has 0 bridgehead atoms. The van der Waals surface area contributed by atoms with Crippen molar-refractivity contribution in [2.45, 2.75) is 39.2 Å². The van der Waals surface area contributed by atoms with Gasteiger partial charge in [-0.2, -0.15) is 0 Å². The summed E-state index contributed by atoms with van der Waals surface area (Å²) in [7, 11) is 0. The molecule has 1 N–H and O–H groups in total. The Labute approximate surface area is 126 Å². The van der Waals surface area contributed by atoms with Crippen LogP contribution in [0.1, 0.15) is 38.2 Å². The average Bonchev–Trinajstić information content (AvgIpc) is 2.48. The number of nitrogens with zero attached hydrogens (tertiary/aromatic N) is 1. The molecule has 1 atom stereocenters. The predicted octanol–water partition coefficient (Wildman–Crippen LogP) is 3.16. The second-order valence-electron chi connectivity index (χ2n) is 5.76. The van der Waals surface area contributed by atoms with Crippen LogP contribution in [0.25, 0.3) is 0 Å². The van der Waals surface area contributed by atoms with Crippen molar-refractivity contribution in [1.29, 1.82) is 0 Å². The minimum absolute atomic E-state index is 0.220. The smallest absolute Gasteiger partial charge is 0.307 e. The van der Waals surface area contributed by atoms with E-state index in [9.17, 15) is 4.79 Å². The van der Waals surface area contributed by atoms with Crippen molar-refractivity contribution in [3.63, 3.8) is 0 Å². The number of ether oxygens (including phenoxy) is 1. The summed E-state index contributed by atoms with van der Waals surface area (Å²) in [6, 6.07) is 8.14. The lowest BCUT2D eigenvalue weighted by Gasteiger charge is -2.30. The van der Waals surface area contributed by atoms with Gasteiger partial charge in [0.2, 0.25) is 0 Å². The van der Waals surface area contributed by atoms with Gasteiger partial charge in [0.05, 0.1) is 12.5 Å². The Morgan fingerprint density at radius 1 is 1.48 bits per heavy atom. The van der Waals surface area contributed by atoms with E-state index < -0.39 is 5.97 Å². The Balaban J connectivity index is 1.89. The van der Waals surface area contributed by atoms with Gasteiger partial charge in [0.1, 0.15) is 5.75 Å². The first-order chi connectivity index (χ1) is 10.2. The SMILES string of the molecule is CCCCOc1cccc(CN2CCCC(C(=O)O)C2)c1. The van der Waals surface area contributed by atoms with E-state index in [-0.39, 0.29) is 5.92 Å². The van der Waals surface area contributed by atoms with E-state index in [1.165, 1.54) is 5.56 Å². The zero-order valence-electron chi connectivity index (χ0n) is 12.8. The van der Waals surface area contributed by atoms with Crippen molar-refractivity contribution >= 4 is 5.97 Å². The number of carbonyl (C=O) groups is 1. The third-order valence-corrected chi connectivity index (χ3v) is 3.93. The number of aliphatic carboxylic acids is 1. The second-order valence-corrected chi connectivity index (χ2v) is 5.76. The Morgan fingerprint density at radius 2 is 2.33 bits per heavy atom. The highest BCUT2D eigenvalue weighted by Crippen LogP contribution is 2.20. The summed E-state index contributed by atoms with van der Waals surface area (Å²) in [5.41, 5.74) is 1.19. The normalized spacial score (nSPS) is 19.4. The highest BCUT2D eigenvalue weighted by molar-refractivity contribution is 5.70. The number of rotatable bonds is 7. The molecule has 1 aromatic carbocycles. The van der Waals surface area contributed by atoms with Crippen molar-refractivity contribution < 1.29 is 14.6 Å². The fourth-order valence-corrected chi connectivity index (χ4v) is 2.73. The molecule has 0 spiro atoms. The lowest BCUT2D eigenvalue weighted by molar-refractivity contribution is -0.143. The summed E-state index contributed by atoms with van der Waals surface area (Å²) in [5.74, 6) is 0.0202. The number of unbranched alkanes of at least 4 members (excludes halogenated alkanes) is 1. The fraction of sp³-hybridized carbons (Fsp3) is 0.588. The van der Waals surface area contributed by atoms with Gasteiger partial charge in [-0.25, -0.2) is 0 Å². The fourth-order valence-electron chi connectivity index (χ4n) is 2.73. The molecule has 1 heterocycles. The summed E-state index contributed by atoms with van der Waals surface area (Å²) in [5, 5.41) is 9.14. The summed E-state index contributed by atoms with van der Waals surface area (Å²) in [6.07, 6.45) is 3.95. The molecule has 0 radical (unpaired) electrons. The molecule has 0 saturated carbocycles. The Hall–Kier alpha value is -1.55. The predicted molar refractivity (Wildman–Crippen MR) is 82.5 cm³/mol. The van der Waals surface area contributed by atoms with Crippen LogP contribution < -0.4 is 4.74 Å². The number of piperidine rings is 1. The van der Waals surface area contributed by atoms with Crippen LogP contribution in [0, 0.1) is 5.92 Å². The van der Waals surface area contributed by atoms with Crippen molar-refractivity contribution in [3.8, 4) is 5.75 Å². The lowest BCUT2D eigenvalue weighted by Crippen LogP contribution is -2.38. The van der Waals surface area contributed by atoms with Crippen LogP contribution in [0.3, 0.4) is 0 Å². The molecule has 4 nitrogen and oxygen atoms in total. The van der Waals surface area contributed by atoms with Crippen LogP contribution in [0.4, 0.5) is 0 Å². The number of likely N-dealkylation sites (tertiary alicyclic amines) is 1. The maximum Gasteiger partial charge on any atom is 0.307 e. The average molecular weight is 291 g/mol. The Kier molecular flexibility index (Phi) is 6.05. The third kappa shape index (κ3) is 5.05. The summed E-state index contributed by atoms with van der Waals surface area (Å²) < 4.78 is 5.72. The minimum atomic E-state index is -0.670. The van der Waals surface area contributed by atoms with Gasteiger partial charge in [-0.15, -0.1) is 0 Å². The largest absolute Gasteiger partial charge is 0.494 e. The number of hydrogen-bond acceptors (Lipinski definition) is 3. The first-order valence-electron chi connectivity index (χ1n) is 7.86. The van der Waals surface area contributed by atoms with E-state index in [1.54, 1.807) is 0 Å². The standard InChI is InChI=1S/C17H25NO3/c1-2-3-10-21-16-8-4-6-14(11-16)12-18-9-5-7-15(13-18)17(19)20/h4,6,8,11,15H,2-3,5,7,9-10,12-13H2,1H3,(H,19,20). The Bertz CT molecular complexity index is 461. The van der Waals surface area contributed by atoms with Crippen molar-refractivity contribution in [2.24, 2.45) is 5.92 Å². The van der Waals surface area contributed by atoms with E-state index in [1.807, 2.05) is 12.1 Å². The van der Waals surface area contributed by atoms with Crippen molar-refractivity contribution in [1.82, 2.24) is 4.90 Å². The van der Waals surface area contributed by atoms with Gasteiger partial charge in [0.25, 0.3) is 0 Å². The molecule has 1 aliphatic rings. The molecule has 1 aromatic rings. The lowest BCUT2D eigenvalue weighted by atomic mass is 9.98. The molecule has 2 rings (SSSR count). The van der Waals surface area contributed by atoms with E-state index in [2.05, 4.69) is 24.0 Å². The highest BCUT2D eigenvalue weighted by atomic mass is 16.5. The van der Waals surface area contributed by atoms with E-state index in [0.29, 0.717) is 6.54 Å². The summed E-state index contributed by atoms with van der Waals surface area (Å²) in [4.78, 5) is 13.3. The third-order valence-electron chi connectivity index (χ3n) is 3.93. The summed E-state index contributed by atoms with van der Waals surface area (Å²) in [6.45, 7) is 5.33. The molecule has 4 heteroatoms. The molecule has 1 unspecified atom stereocenters. The van der Waals surface area contributed by atoms with Crippen LogP contribution in [0.2, 0.25) is 0 Å². The molecule has 0 aliphatic carbocycles. The monoisotopic (exact) mass is 291 g/mol. The molecule has 116 valence electrons. The van der Waals surface area contributed by atoms with Gasteiger partial charge < -0.3 is 9.84 Å². The molecule has 0 aromatic heterocycles. The van der Waals surface area contributed by atoms with Gasteiger partial charge in [0.15, 0.2) is 0 Å². The molecule has 1 aliphatic heterocycles. The van der Waals surface area contributed by atoms with Gasteiger partial charge in [0, 0.05) is 13.1 Å². The number of carboxylic acids is 1. The zero-order chi connectivity index (χ0) is 15.1. The van der Waals surface area contributed by atoms with Crippen molar-refractivity contribution in [2.75, 3.05) is 19.7 Å². The van der Waals surface area contributed by atoms with E-state index in [4.69, 9.17) is 9.84 Å². The van der Waals surface area contributed by atoms with E-state index >= 15 is 0 Å². The van der Waals surface area contributed by atoms with Gasteiger partial charge in [-0.1, -0.05) is 25.5 Å². The van der Waals surface area contributed by atoms with Gasteiger partial charge >= 0.3 is 5.97 Å². The summed E-state index contributed by atoms with van der Waals surface area (Å²) >= 11 is 0. The molecule has 0 amide bonds. The van der Waals surface area contributed by atoms with Crippen LogP contribution in [-0.4, -0.2) is 35.7 Å². The van der Waals surface area contributed by atoms with Crippen LogP contribution >= 0.6 is 0 Å². The molecule has 1 saturated heterocycles. The highest BCUT2D eigenvalue weighted by Gasteiger charge is 2.25. The number of carboxylic acid groups (broad SMARTS) is 1. The van der Waals surface area contributed by atoms with Gasteiger partial charge in [-0.3, -0.25) is 9.69 Å². The first kappa shape index (κ1) is 15.8. The maximum absolute atomic E-state index is 11.1. The van der Waals surface area contributed by atoms with Crippen molar-refractivity contribution in [3.05, 3.63) is 29.8 Å². The topological polar surface area (TPSA) is 49.8 Å².